The molecular formula is C14H30S11. The van der Waals surface area contributed by atoms with Gasteiger partial charge in [-0.3, -0.25) is 0 Å². The van der Waals surface area contributed by atoms with Crippen LogP contribution in [0.25, 0.3) is 0 Å². The number of hydrogen-bond donors (Lipinski definition) is 6. The Morgan fingerprint density at radius 2 is 0.960 bits per heavy atom. The summed E-state index contributed by atoms with van der Waals surface area (Å²) in [6, 6.07) is 0. The molecule has 0 nitrogen and oxygen atoms in total. The molecule has 4 unspecified atom stereocenters. The second-order valence-electron chi connectivity index (χ2n) is 4.91. The van der Waals surface area contributed by atoms with Gasteiger partial charge in [0.25, 0.3) is 0 Å². The maximum absolute atomic E-state index is 4.64. The van der Waals surface area contributed by atoms with Gasteiger partial charge in [0, 0.05) is 56.5 Å². The van der Waals surface area contributed by atoms with Gasteiger partial charge in [0.15, 0.2) is 0 Å². The molecule has 25 heavy (non-hydrogen) atoms. The van der Waals surface area contributed by atoms with Gasteiger partial charge in [-0.05, 0) is 11.5 Å². The van der Waals surface area contributed by atoms with Crippen molar-refractivity contribution in [3.8, 4) is 0 Å². The first-order chi connectivity index (χ1) is 12.1. The van der Waals surface area contributed by atoms with Gasteiger partial charge in [-0.25, -0.2) is 0 Å². The Morgan fingerprint density at radius 3 is 1.28 bits per heavy atom. The van der Waals surface area contributed by atoms with E-state index in [4.69, 9.17) is 0 Å². The number of thioether (sulfide) groups is 5. The van der Waals surface area contributed by atoms with Crippen molar-refractivity contribution in [1.29, 1.82) is 0 Å². The van der Waals surface area contributed by atoms with Crippen LogP contribution in [0.4, 0.5) is 0 Å². The highest BCUT2D eigenvalue weighted by Gasteiger charge is 2.14. The van der Waals surface area contributed by atoms with Crippen molar-refractivity contribution in [1.82, 2.24) is 0 Å². The molecule has 152 valence electrons. The van der Waals surface area contributed by atoms with Gasteiger partial charge in [0.1, 0.15) is 0 Å². The molecule has 0 aliphatic rings. The van der Waals surface area contributed by atoms with Crippen molar-refractivity contribution >= 4 is 135 Å². The van der Waals surface area contributed by atoms with Crippen LogP contribution in [0, 0.1) is 0 Å². The van der Waals surface area contributed by atoms with Crippen molar-refractivity contribution in [3.63, 3.8) is 0 Å². The first-order valence-electron chi connectivity index (χ1n) is 7.91. The SMILES string of the molecule is SCCSC(S)CSC(CS)CSCC(CS)SCC(S)SCCS. The van der Waals surface area contributed by atoms with E-state index in [9.17, 15) is 0 Å². The summed E-state index contributed by atoms with van der Waals surface area (Å²) in [5, 5.41) is 1.18. The van der Waals surface area contributed by atoms with Crippen LogP contribution in [-0.2, 0) is 0 Å². The molecule has 4 atom stereocenters. The van der Waals surface area contributed by atoms with E-state index < -0.39 is 0 Å². The van der Waals surface area contributed by atoms with Crippen molar-refractivity contribution in [3.05, 3.63) is 0 Å². The van der Waals surface area contributed by atoms with E-state index in [1.54, 1.807) is 0 Å². The summed E-state index contributed by atoms with van der Waals surface area (Å²) in [6.45, 7) is 0. The average Bonchev–Trinajstić information content (AvgIpc) is 2.63. The summed E-state index contributed by atoms with van der Waals surface area (Å²) < 4.78 is 0.791. The monoisotopic (exact) mass is 550 g/mol. The zero-order valence-electron chi connectivity index (χ0n) is 14.1. The van der Waals surface area contributed by atoms with Crippen LogP contribution in [0.1, 0.15) is 0 Å². The minimum absolute atomic E-state index is 0.396. The highest BCUT2D eigenvalue weighted by Crippen LogP contribution is 2.28. The van der Waals surface area contributed by atoms with Crippen molar-refractivity contribution < 1.29 is 0 Å². The Kier molecular flexibility index (Phi) is 24.3. The minimum Gasteiger partial charge on any atom is -0.179 e. The van der Waals surface area contributed by atoms with Crippen molar-refractivity contribution in [2.24, 2.45) is 0 Å². The number of hydrogen-bond acceptors (Lipinski definition) is 11. The van der Waals surface area contributed by atoms with Crippen LogP contribution in [0.2, 0.25) is 0 Å². The fraction of sp³-hybridized carbons (Fsp3) is 1.00. The summed E-state index contributed by atoms with van der Waals surface area (Å²) in [4.78, 5) is 0. The fourth-order valence-corrected chi connectivity index (χ4v) is 9.90. The Hall–Kier alpha value is 3.85. The zero-order chi connectivity index (χ0) is 18.9. The second kappa shape index (κ2) is 21.1. The fourth-order valence-electron chi connectivity index (χ4n) is 1.55. The van der Waals surface area contributed by atoms with E-state index in [1.165, 1.54) is 0 Å². The molecule has 0 fully saturated rings. The number of thiol groups is 6. The quantitative estimate of drug-likeness (QED) is 0.0965. The van der Waals surface area contributed by atoms with Crippen LogP contribution in [0.5, 0.6) is 0 Å². The molecule has 11 heteroatoms. The van der Waals surface area contributed by atoms with Gasteiger partial charge >= 0.3 is 0 Å². The van der Waals surface area contributed by atoms with Gasteiger partial charge in [0.2, 0.25) is 0 Å². The molecule has 0 amide bonds. The van der Waals surface area contributed by atoms with Gasteiger partial charge in [-0.1, -0.05) is 0 Å². The van der Waals surface area contributed by atoms with Crippen LogP contribution >= 0.6 is 135 Å². The molecule has 0 saturated heterocycles. The van der Waals surface area contributed by atoms with Gasteiger partial charge < -0.3 is 0 Å². The Morgan fingerprint density at radius 1 is 0.560 bits per heavy atom. The van der Waals surface area contributed by atoms with E-state index in [-0.39, 0.29) is 0 Å². The largest absolute Gasteiger partial charge is 0.179 e. The summed E-state index contributed by atoms with van der Waals surface area (Å²) in [5.41, 5.74) is 0. The highest BCUT2D eigenvalue weighted by atomic mass is 32.2. The summed E-state index contributed by atoms with van der Waals surface area (Å²) in [6.07, 6.45) is 0. The summed E-state index contributed by atoms with van der Waals surface area (Å²) in [7, 11) is 0. The van der Waals surface area contributed by atoms with Crippen molar-refractivity contribution in [2.75, 3.05) is 57.5 Å². The van der Waals surface area contributed by atoms with Crippen LogP contribution in [-0.4, -0.2) is 77.2 Å². The maximum Gasteiger partial charge on any atom is 0.0563 e. The molecule has 0 spiro atoms. The normalized spacial score (nSPS) is 16.6. The molecule has 0 aromatic carbocycles. The summed E-state index contributed by atoms with van der Waals surface area (Å²) >= 11 is 36.6. The standard InChI is InChI=1S/C14H30S11/c15-1-3-22-13(19)9-24-11(5-17)7-21-8-12(6-18)25-10-14(20)23-4-2-16/h11-20H,1-10H2. The molecule has 0 bridgehead atoms. The zero-order valence-corrected chi connectivity index (χ0v) is 23.6. The molecule has 0 aromatic heterocycles. The van der Waals surface area contributed by atoms with Crippen LogP contribution in [0.15, 0.2) is 0 Å². The van der Waals surface area contributed by atoms with Gasteiger partial charge in [0.05, 0.1) is 9.16 Å². The van der Waals surface area contributed by atoms with Gasteiger partial charge in [-0.15, -0.1) is 23.5 Å². The lowest BCUT2D eigenvalue weighted by Gasteiger charge is -2.19. The predicted octanol–water partition coefficient (Wildman–Crippen LogP) is 5.62. The maximum atomic E-state index is 4.64. The Labute approximate surface area is 209 Å². The van der Waals surface area contributed by atoms with Crippen LogP contribution in [0.3, 0.4) is 0 Å². The molecule has 0 aliphatic heterocycles. The lowest BCUT2D eigenvalue weighted by molar-refractivity contribution is 1.12. The Bertz CT molecular complexity index is 256. The lowest BCUT2D eigenvalue weighted by atomic mass is 10.5. The highest BCUT2D eigenvalue weighted by molar-refractivity contribution is 8.13. The van der Waals surface area contributed by atoms with E-state index in [2.05, 4.69) is 75.8 Å². The molecule has 0 heterocycles. The second-order valence-corrected chi connectivity index (χ2v) is 14.8. The van der Waals surface area contributed by atoms with Crippen LogP contribution < -0.4 is 0 Å². The molecule has 0 rings (SSSR count). The first-order valence-corrected chi connectivity index (χ1v) is 16.8. The predicted molar refractivity (Wildman–Crippen MR) is 156 cm³/mol. The van der Waals surface area contributed by atoms with Crippen molar-refractivity contribution in [2.45, 2.75) is 19.7 Å². The van der Waals surface area contributed by atoms with Gasteiger partial charge in [-0.2, -0.15) is 111 Å². The minimum atomic E-state index is 0.396. The summed E-state index contributed by atoms with van der Waals surface area (Å²) in [5.74, 6) is 10.3. The van der Waals surface area contributed by atoms with E-state index in [0.29, 0.717) is 19.7 Å². The van der Waals surface area contributed by atoms with E-state index in [0.717, 1.165) is 57.5 Å². The third-order valence-corrected chi connectivity index (χ3v) is 13.7. The van der Waals surface area contributed by atoms with E-state index in [1.807, 2.05) is 58.8 Å². The lowest BCUT2D eigenvalue weighted by Crippen LogP contribution is -2.16. The molecule has 0 radical (unpaired) electrons. The van der Waals surface area contributed by atoms with E-state index >= 15 is 0 Å². The molecule has 0 aliphatic carbocycles. The third-order valence-electron chi connectivity index (χ3n) is 2.77. The topological polar surface area (TPSA) is 0 Å². The molecule has 0 aromatic rings. The molecule has 0 saturated carbocycles. The molecule has 0 N–H and O–H groups in total. The first kappa shape index (κ1) is 28.9. The molecular weight excluding hydrogens is 521 g/mol. The average molecular weight is 551 g/mol. The third kappa shape index (κ3) is 18.3. The smallest absolute Gasteiger partial charge is 0.0563 e. The number of rotatable bonds is 18. The Balaban J connectivity index is 3.89.